The van der Waals surface area contributed by atoms with Crippen molar-refractivity contribution >= 4 is 27.8 Å². The highest BCUT2D eigenvalue weighted by atomic mass is 16.2. The van der Waals surface area contributed by atoms with Crippen molar-refractivity contribution in [1.29, 1.82) is 0 Å². The maximum absolute atomic E-state index is 13.7. The maximum atomic E-state index is 13.7. The number of imidazole rings is 1. The third-order valence-electron chi connectivity index (χ3n) is 6.97. The van der Waals surface area contributed by atoms with Crippen molar-refractivity contribution < 1.29 is 4.79 Å². The first-order valence-corrected chi connectivity index (χ1v) is 11.8. The molecule has 2 aromatic heterocycles. The van der Waals surface area contributed by atoms with Crippen LogP contribution in [-0.2, 0) is 0 Å². The fraction of sp³-hybridized carbons (Fsp3) is 0.214. The third kappa shape index (κ3) is 3.34. The minimum atomic E-state index is -0.0803. The molecule has 0 aliphatic carbocycles. The lowest BCUT2D eigenvalue weighted by atomic mass is 9.99. The number of likely N-dealkylation sites (tertiary alicyclic amines) is 1. The Kier molecular flexibility index (Phi) is 4.87. The van der Waals surface area contributed by atoms with Gasteiger partial charge in [-0.15, -0.1) is 0 Å². The molecule has 1 aliphatic rings. The Morgan fingerprint density at radius 3 is 2.41 bits per heavy atom. The molecule has 1 aliphatic heterocycles. The molecule has 0 spiro atoms. The van der Waals surface area contributed by atoms with Gasteiger partial charge in [0.05, 0.1) is 11.0 Å². The lowest BCUT2D eigenvalue weighted by molar-refractivity contribution is 0.0691. The SMILES string of the molecule is Cc1ccc2[nH]c(C(=O)N3CCC(n4c(=O)[nH]c5ccccc54)CC3)c(-c3ccccc3)c2c1. The molecule has 1 fully saturated rings. The van der Waals surface area contributed by atoms with E-state index in [2.05, 4.69) is 41.2 Å². The second-order valence-electron chi connectivity index (χ2n) is 9.13. The Bertz CT molecular complexity index is 1570. The quantitative estimate of drug-likeness (QED) is 0.393. The summed E-state index contributed by atoms with van der Waals surface area (Å²) in [4.78, 5) is 34.6. The molecule has 6 nitrogen and oxygen atoms in total. The number of benzene rings is 3. The fourth-order valence-corrected chi connectivity index (χ4v) is 5.29. The number of nitrogens with zero attached hydrogens (tertiary/aromatic N) is 2. The number of hydrogen-bond acceptors (Lipinski definition) is 2. The number of aromatic nitrogens is 3. The molecule has 0 unspecified atom stereocenters. The third-order valence-corrected chi connectivity index (χ3v) is 6.97. The van der Waals surface area contributed by atoms with Gasteiger partial charge >= 0.3 is 5.69 Å². The zero-order chi connectivity index (χ0) is 23.2. The van der Waals surface area contributed by atoms with Crippen molar-refractivity contribution in [2.45, 2.75) is 25.8 Å². The van der Waals surface area contributed by atoms with Crippen LogP contribution in [0.3, 0.4) is 0 Å². The molecule has 6 heteroatoms. The van der Waals surface area contributed by atoms with E-state index >= 15 is 0 Å². The first kappa shape index (κ1) is 20.5. The number of carbonyl (C=O) groups is 1. The number of amides is 1. The summed E-state index contributed by atoms with van der Waals surface area (Å²) < 4.78 is 1.86. The van der Waals surface area contributed by atoms with Crippen molar-refractivity contribution in [3.8, 4) is 11.1 Å². The van der Waals surface area contributed by atoms with Gasteiger partial charge in [0.25, 0.3) is 5.91 Å². The van der Waals surface area contributed by atoms with Crippen LogP contribution in [0.5, 0.6) is 0 Å². The molecule has 0 radical (unpaired) electrons. The van der Waals surface area contributed by atoms with E-state index in [9.17, 15) is 9.59 Å². The molecule has 1 saturated heterocycles. The molecular weight excluding hydrogens is 424 g/mol. The Hall–Kier alpha value is -4.06. The van der Waals surface area contributed by atoms with E-state index in [4.69, 9.17) is 0 Å². The van der Waals surface area contributed by atoms with Gasteiger partial charge in [0.15, 0.2) is 0 Å². The second-order valence-corrected chi connectivity index (χ2v) is 9.13. The fourth-order valence-electron chi connectivity index (χ4n) is 5.29. The molecule has 1 amide bonds. The number of aromatic amines is 2. The summed E-state index contributed by atoms with van der Waals surface area (Å²) in [6.07, 6.45) is 1.49. The number of H-pyrrole nitrogens is 2. The molecule has 6 rings (SSSR count). The van der Waals surface area contributed by atoms with Crippen LogP contribution >= 0.6 is 0 Å². The first-order valence-electron chi connectivity index (χ1n) is 11.8. The highest BCUT2D eigenvalue weighted by molar-refractivity contribution is 6.09. The lowest BCUT2D eigenvalue weighted by Gasteiger charge is -2.32. The first-order chi connectivity index (χ1) is 16.6. The van der Waals surface area contributed by atoms with Gasteiger partial charge in [-0.05, 0) is 49.6 Å². The van der Waals surface area contributed by atoms with Crippen molar-refractivity contribution in [2.75, 3.05) is 13.1 Å². The summed E-state index contributed by atoms with van der Waals surface area (Å²) in [5, 5.41) is 1.06. The maximum Gasteiger partial charge on any atom is 0.326 e. The zero-order valence-electron chi connectivity index (χ0n) is 19.0. The van der Waals surface area contributed by atoms with Gasteiger partial charge in [0.2, 0.25) is 0 Å². The Morgan fingerprint density at radius 2 is 1.62 bits per heavy atom. The van der Waals surface area contributed by atoms with Crippen LogP contribution in [0.4, 0.5) is 0 Å². The van der Waals surface area contributed by atoms with Crippen molar-refractivity contribution in [1.82, 2.24) is 19.4 Å². The average Bonchev–Trinajstić information content (AvgIpc) is 3.41. The van der Waals surface area contributed by atoms with Gasteiger partial charge in [-0.2, -0.15) is 0 Å². The summed E-state index contributed by atoms with van der Waals surface area (Å²) in [6, 6.07) is 24.2. The van der Waals surface area contributed by atoms with Crippen LogP contribution in [0, 0.1) is 6.92 Å². The van der Waals surface area contributed by atoms with E-state index in [-0.39, 0.29) is 17.6 Å². The van der Waals surface area contributed by atoms with Gasteiger partial charge in [-0.1, -0.05) is 54.1 Å². The molecule has 3 aromatic carbocycles. The molecule has 5 aromatic rings. The van der Waals surface area contributed by atoms with Crippen LogP contribution in [0.2, 0.25) is 0 Å². The van der Waals surface area contributed by atoms with Crippen LogP contribution in [0.15, 0.2) is 77.6 Å². The molecule has 2 N–H and O–H groups in total. The van der Waals surface area contributed by atoms with Crippen LogP contribution in [0.1, 0.15) is 34.9 Å². The summed E-state index contributed by atoms with van der Waals surface area (Å²) in [7, 11) is 0. The molecule has 3 heterocycles. The topological polar surface area (TPSA) is 73.9 Å². The number of rotatable bonds is 3. The predicted octanol–water partition coefficient (Wildman–Crippen LogP) is 5.26. The second kappa shape index (κ2) is 8.06. The van der Waals surface area contributed by atoms with Crippen LogP contribution < -0.4 is 5.69 Å². The minimum absolute atomic E-state index is 0.0115. The highest BCUT2D eigenvalue weighted by Gasteiger charge is 2.29. The number of hydrogen-bond donors (Lipinski definition) is 2. The minimum Gasteiger partial charge on any atom is -0.350 e. The van der Waals surface area contributed by atoms with Crippen molar-refractivity contribution in [2.24, 2.45) is 0 Å². The van der Waals surface area contributed by atoms with Crippen molar-refractivity contribution in [3.63, 3.8) is 0 Å². The van der Waals surface area contributed by atoms with E-state index < -0.39 is 0 Å². The molecule has 0 saturated carbocycles. The van der Waals surface area contributed by atoms with E-state index in [1.165, 1.54) is 0 Å². The standard InChI is InChI=1S/C28H26N4O2/c1-18-11-12-22-21(17-18)25(19-7-3-2-4-8-19)26(29-22)27(33)31-15-13-20(14-16-31)32-24-10-6-5-9-23(24)30-28(32)34/h2-12,17,20,29H,13-16H2,1H3,(H,30,34). The lowest BCUT2D eigenvalue weighted by Crippen LogP contribution is -2.40. The predicted molar refractivity (Wildman–Crippen MR) is 135 cm³/mol. The smallest absolute Gasteiger partial charge is 0.326 e. The van der Waals surface area contributed by atoms with Crippen LogP contribution in [0.25, 0.3) is 33.1 Å². The Morgan fingerprint density at radius 1 is 0.882 bits per heavy atom. The Balaban J connectivity index is 1.32. The van der Waals surface area contributed by atoms with E-state index in [1.807, 2.05) is 58.0 Å². The number of fused-ring (bicyclic) bond motifs is 2. The largest absolute Gasteiger partial charge is 0.350 e. The zero-order valence-corrected chi connectivity index (χ0v) is 19.0. The number of para-hydroxylation sites is 2. The van der Waals surface area contributed by atoms with Crippen molar-refractivity contribution in [3.05, 3.63) is 94.5 Å². The normalized spacial score (nSPS) is 14.8. The van der Waals surface area contributed by atoms with E-state index in [0.717, 1.165) is 51.5 Å². The number of piperidine rings is 1. The highest BCUT2D eigenvalue weighted by Crippen LogP contribution is 2.35. The summed E-state index contributed by atoms with van der Waals surface area (Å²) in [5.74, 6) is 0.0115. The summed E-state index contributed by atoms with van der Waals surface area (Å²) >= 11 is 0. The molecule has 170 valence electrons. The van der Waals surface area contributed by atoms with Gasteiger partial charge < -0.3 is 14.9 Å². The van der Waals surface area contributed by atoms with E-state index in [0.29, 0.717) is 18.8 Å². The van der Waals surface area contributed by atoms with Gasteiger partial charge in [-0.3, -0.25) is 9.36 Å². The summed E-state index contributed by atoms with van der Waals surface area (Å²) in [6.45, 7) is 3.29. The average molecular weight is 451 g/mol. The number of aryl methyl sites for hydroxylation is 1. The van der Waals surface area contributed by atoms with E-state index in [1.54, 1.807) is 0 Å². The van der Waals surface area contributed by atoms with Gasteiger partial charge in [0, 0.05) is 35.6 Å². The van der Waals surface area contributed by atoms with Gasteiger partial charge in [0.1, 0.15) is 5.69 Å². The molecular formula is C28H26N4O2. The number of carbonyl (C=O) groups excluding carboxylic acids is 1. The molecule has 34 heavy (non-hydrogen) atoms. The molecule has 0 atom stereocenters. The van der Waals surface area contributed by atoms with Crippen LogP contribution in [-0.4, -0.2) is 38.4 Å². The summed E-state index contributed by atoms with van der Waals surface area (Å²) in [5.41, 5.74) is 6.45. The number of nitrogens with one attached hydrogen (secondary N) is 2. The Labute approximate surface area is 196 Å². The van der Waals surface area contributed by atoms with Gasteiger partial charge in [-0.25, -0.2) is 4.79 Å². The monoisotopic (exact) mass is 450 g/mol. The molecule has 0 bridgehead atoms.